The molecular weight excluding hydrogens is 687 g/mol. The normalized spacial score (nSPS) is 17.8. The lowest BCUT2D eigenvalue weighted by atomic mass is 9.73. The van der Waals surface area contributed by atoms with Crippen molar-refractivity contribution in [2.45, 2.75) is 91.0 Å². The second-order valence-corrected chi connectivity index (χ2v) is 17.2. The highest BCUT2D eigenvalue weighted by Gasteiger charge is 2.49. The van der Waals surface area contributed by atoms with Crippen LogP contribution in [0.1, 0.15) is 94.7 Å². The molecule has 1 saturated heterocycles. The number of benzene rings is 1. The topological polar surface area (TPSA) is 136 Å². The molecule has 264 valence electrons. The maximum atomic E-state index is 13.4. The van der Waals surface area contributed by atoms with Gasteiger partial charge in [0.15, 0.2) is 16.7 Å². The van der Waals surface area contributed by atoms with E-state index in [1.54, 1.807) is 34.6 Å². The smallest absolute Gasteiger partial charge is 0.413 e. The lowest BCUT2D eigenvalue weighted by molar-refractivity contribution is 0.0518. The van der Waals surface area contributed by atoms with Crippen LogP contribution in [-0.2, 0) is 26.9 Å². The van der Waals surface area contributed by atoms with Crippen molar-refractivity contribution in [3.8, 4) is 11.3 Å². The molecule has 0 saturated carbocycles. The monoisotopic (exact) mass is 730 g/mol. The average molecular weight is 732 g/mol. The summed E-state index contributed by atoms with van der Waals surface area (Å²) in [4.78, 5) is 41.8. The number of hydrogen-bond donors (Lipinski definition) is 2. The number of nitrogens with one attached hydrogen (secondary N) is 2. The molecule has 14 heteroatoms. The number of aromatic nitrogens is 3. The van der Waals surface area contributed by atoms with E-state index in [1.165, 1.54) is 17.2 Å². The Morgan fingerprint density at radius 3 is 2.37 bits per heavy atom. The molecule has 1 aliphatic carbocycles. The van der Waals surface area contributed by atoms with Gasteiger partial charge in [0.1, 0.15) is 11.4 Å². The lowest BCUT2D eigenvalue weighted by Gasteiger charge is -2.44. The summed E-state index contributed by atoms with van der Waals surface area (Å²) in [5.41, 5.74) is 2.72. The van der Waals surface area contributed by atoms with E-state index in [2.05, 4.69) is 38.1 Å². The molecule has 3 aromatic rings. The van der Waals surface area contributed by atoms with Crippen LogP contribution < -0.4 is 14.9 Å². The molecule has 1 fully saturated rings. The second-order valence-electron chi connectivity index (χ2n) is 14.5. The van der Waals surface area contributed by atoms with Gasteiger partial charge >= 0.3 is 12.1 Å². The van der Waals surface area contributed by atoms with Crippen LogP contribution in [0.4, 0.5) is 16.4 Å². The quantitative estimate of drug-likeness (QED) is 0.186. The SMILES string of the molecule is CCOC(=O)c1nc(-c2cc(NC(=O)OC(C)(C)C)nc(Cl)c2Cl)c(C)nc1N1CCC2(CC1)Cc1ccccc1[C@H]2N[S@](=O)C(C)(C)C. The zero-order valence-corrected chi connectivity index (χ0v) is 31.5. The van der Waals surface area contributed by atoms with E-state index in [0.29, 0.717) is 35.9 Å². The minimum atomic E-state index is -1.26. The maximum absolute atomic E-state index is 13.4. The summed E-state index contributed by atoms with van der Waals surface area (Å²) in [6, 6.07) is 9.81. The van der Waals surface area contributed by atoms with Crippen LogP contribution >= 0.6 is 23.2 Å². The highest BCUT2D eigenvalue weighted by molar-refractivity contribution is 7.84. The van der Waals surface area contributed by atoms with Gasteiger partial charge in [-0.15, -0.1) is 0 Å². The van der Waals surface area contributed by atoms with Crippen LogP contribution in [0.5, 0.6) is 0 Å². The Bertz CT molecular complexity index is 1780. The van der Waals surface area contributed by atoms with Gasteiger partial charge in [0, 0.05) is 18.7 Å². The first-order valence-corrected chi connectivity index (χ1v) is 18.3. The maximum Gasteiger partial charge on any atom is 0.413 e. The van der Waals surface area contributed by atoms with Gasteiger partial charge in [0.25, 0.3) is 0 Å². The van der Waals surface area contributed by atoms with Gasteiger partial charge in [-0.2, -0.15) is 0 Å². The highest BCUT2D eigenvalue weighted by atomic mass is 35.5. The van der Waals surface area contributed by atoms with Crippen molar-refractivity contribution < 1.29 is 23.3 Å². The number of pyridine rings is 1. The van der Waals surface area contributed by atoms with Crippen molar-refractivity contribution >= 4 is 57.9 Å². The molecule has 3 heterocycles. The number of nitrogens with zero attached hydrogens (tertiary/aromatic N) is 4. The van der Waals surface area contributed by atoms with Crippen molar-refractivity contribution in [1.82, 2.24) is 19.7 Å². The molecule has 49 heavy (non-hydrogen) atoms. The third kappa shape index (κ3) is 8.03. The van der Waals surface area contributed by atoms with Crippen LogP contribution in [0.15, 0.2) is 30.3 Å². The highest BCUT2D eigenvalue weighted by Crippen LogP contribution is 2.53. The van der Waals surface area contributed by atoms with Gasteiger partial charge in [-0.1, -0.05) is 47.5 Å². The van der Waals surface area contributed by atoms with E-state index >= 15 is 0 Å². The number of ether oxygens (including phenoxy) is 2. The first-order valence-electron chi connectivity index (χ1n) is 16.4. The van der Waals surface area contributed by atoms with Crippen LogP contribution in [0.25, 0.3) is 11.3 Å². The molecule has 0 bridgehead atoms. The van der Waals surface area contributed by atoms with Gasteiger partial charge < -0.3 is 14.4 Å². The van der Waals surface area contributed by atoms with E-state index < -0.39 is 33.4 Å². The number of carbonyl (C=O) groups excluding carboxylic acids is 2. The van der Waals surface area contributed by atoms with Crippen LogP contribution in [0.3, 0.4) is 0 Å². The van der Waals surface area contributed by atoms with Crippen molar-refractivity contribution in [3.63, 3.8) is 0 Å². The van der Waals surface area contributed by atoms with Crippen molar-refractivity contribution in [2.24, 2.45) is 5.41 Å². The lowest BCUT2D eigenvalue weighted by Crippen LogP contribution is -2.48. The van der Waals surface area contributed by atoms with Gasteiger partial charge in [-0.3, -0.25) is 5.32 Å². The van der Waals surface area contributed by atoms with Gasteiger partial charge in [0.05, 0.1) is 44.8 Å². The third-order valence-corrected chi connectivity index (χ3v) is 11.0. The molecule has 11 nitrogen and oxygen atoms in total. The Morgan fingerprint density at radius 2 is 1.73 bits per heavy atom. The Hall–Kier alpha value is -3.32. The summed E-state index contributed by atoms with van der Waals surface area (Å²) in [7, 11) is -1.26. The van der Waals surface area contributed by atoms with E-state index in [0.717, 1.165) is 19.3 Å². The molecule has 1 amide bonds. The number of piperidine rings is 1. The zero-order chi connectivity index (χ0) is 35.9. The number of halogens is 2. The summed E-state index contributed by atoms with van der Waals surface area (Å²) >= 11 is 13.0. The fourth-order valence-electron chi connectivity index (χ4n) is 6.35. The number of fused-ring (bicyclic) bond motifs is 1. The summed E-state index contributed by atoms with van der Waals surface area (Å²) in [6.07, 6.45) is 1.70. The number of carbonyl (C=O) groups is 2. The Kier molecular flexibility index (Phi) is 10.7. The summed E-state index contributed by atoms with van der Waals surface area (Å²) in [6.45, 7) is 16.0. The fraction of sp³-hybridized carbons (Fsp3) is 0.514. The molecule has 2 aliphatic rings. The largest absolute Gasteiger partial charge is 0.461 e. The van der Waals surface area contributed by atoms with Crippen LogP contribution in [0, 0.1) is 12.3 Å². The van der Waals surface area contributed by atoms with Crippen molar-refractivity contribution in [1.29, 1.82) is 0 Å². The van der Waals surface area contributed by atoms with Crippen molar-refractivity contribution in [2.75, 3.05) is 29.9 Å². The number of anilines is 2. The van der Waals surface area contributed by atoms with E-state index in [1.807, 2.05) is 26.8 Å². The van der Waals surface area contributed by atoms with Crippen LogP contribution in [-0.4, -0.2) is 61.3 Å². The third-order valence-electron chi connectivity index (χ3n) is 8.68. The first kappa shape index (κ1) is 36.9. The van der Waals surface area contributed by atoms with E-state index in [-0.39, 0.29) is 39.8 Å². The number of rotatable bonds is 7. The number of hydrogen-bond acceptors (Lipinski definition) is 9. The predicted molar refractivity (Wildman–Crippen MR) is 194 cm³/mol. The molecule has 0 unspecified atom stereocenters. The summed E-state index contributed by atoms with van der Waals surface area (Å²) < 4.78 is 27.2. The van der Waals surface area contributed by atoms with Crippen LogP contribution in [0.2, 0.25) is 10.2 Å². The summed E-state index contributed by atoms with van der Waals surface area (Å²) in [5, 5.41) is 2.60. The van der Waals surface area contributed by atoms with Gasteiger partial charge in [-0.25, -0.2) is 33.5 Å². The van der Waals surface area contributed by atoms with E-state index in [9.17, 15) is 13.8 Å². The molecule has 2 N–H and O–H groups in total. The molecular formula is C35H44Cl2N6O5S. The number of aryl methyl sites for hydroxylation is 1. The van der Waals surface area contributed by atoms with E-state index in [4.69, 9.17) is 42.6 Å². The zero-order valence-electron chi connectivity index (χ0n) is 29.2. The molecule has 1 aromatic carbocycles. The second kappa shape index (κ2) is 14.1. The van der Waals surface area contributed by atoms with Crippen molar-refractivity contribution in [3.05, 3.63) is 63.0 Å². The molecule has 0 radical (unpaired) electrons. The number of esters is 1. The molecule has 1 aliphatic heterocycles. The Labute approximate surface area is 300 Å². The molecule has 2 aromatic heterocycles. The molecule has 2 atom stereocenters. The van der Waals surface area contributed by atoms with Gasteiger partial charge in [0.2, 0.25) is 0 Å². The standard InChI is InChI=1S/C35H44Cl2N6O5S/c1-9-47-31(44)27-30(38-20(2)26(41-27)23-18-24(39-29(37)25(23)36)40-32(45)48-33(3,4)5)43-16-14-35(15-17-43)19-21-12-10-11-13-22(21)28(35)42-49(46)34(6,7)8/h10-13,18,28,42H,9,14-17,19H2,1-8H3,(H,39,40,45)/t28-,49-/m1/s1. The minimum Gasteiger partial charge on any atom is -0.461 e. The number of amides is 1. The molecule has 1 spiro atoms. The Balaban J connectivity index is 1.47. The fourth-order valence-corrected chi connectivity index (χ4v) is 7.68. The van der Waals surface area contributed by atoms with Gasteiger partial charge in [-0.05, 0) is 97.3 Å². The predicted octanol–water partition coefficient (Wildman–Crippen LogP) is 7.61. The first-order chi connectivity index (χ1) is 22.9. The Morgan fingerprint density at radius 1 is 1.06 bits per heavy atom. The average Bonchev–Trinajstić information content (AvgIpc) is 3.30. The minimum absolute atomic E-state index is 0.0438. The molecule has 5 rings (SSSR count). The summed E-state index contributed by atoms with van der Waals surface area (Å²) in [5.74, 6) is -0.115.